The van der Waals surface area contributed by atoms with E-state index in [9.17, 15) is 9.59 Å². The van der Waals surface area contributed by atoms with Gasteiger partial charge in [0.05, 0.1) is 15.8 Å². The van der Waals surface area contributed by atoms with Crippen LogP contribution in [0.4, 0.5) is 5.69 Å². The molecule has 1 aliphatic rings. The number of pyridine rings is 1. The molecule has 0 saturated carbocycles. The molecule has 164 valence electrons. The summed E-state index contributed by atoms with van der Waals surface area (Å²) in [6.45, 7) is 7.43. The van der Waals surface area contributed by atoms with Gasteiger partial charge in [-0.15, -0.1) is 11.3 Å². The molecule has 0 aliphatic carbocycles. The lowest BCUT2D eigenvalue weighted by Crippen LogP contribution is -2.48. The number of benzene rings is 2. The molecule has 5 nitrogen and oxygen atoms in total. The minimum Gasteiger partial charge on any atom is -0.368 e. The van der Waals surface area contributed by atoms with Crippen LogP contribution in [0.2, 0.25) is 5.02 Å². The second-order valence-corrected chi connectivity index (χ2v) is 9.62. The van der Waals surface area contributed by atoms with Crippen LogP contribution >= 0.6 is 22.9 Å². The number of fused-ring (bicyclic) bond motifs is 3. The van der Waals surface area contributed by atoms with Gasteiger partial charge in [-0.25, -0.2) is 0 Å². The third-order valence-electron chi connectivity index (χ3n) is 6.25. The summed E-state index contributed by atoms with van der Waals surface area (Å²) in [5.74, 6) is 0.000181. The lowest BCUT2D eigenvalue weighted by molar-refractivity contribution is 0.0751. The van der Waals surface area contributed by atoms with Crippen LogP contribution in [-0.2, 0) is 6.54 Å². The van der Waals surface area contributed by atoms with Crippen molar-refractivity contribution in [2.75, 3.05) is 31.1 Å². The zero-order valence-corrected chi connectivity index (χ0v) is 19.7. The Labute approximate surface area is 195 Å². The molecule has 1 aliphatic heterocycles. The molecule has 2 aromatic heterocycles. The van der Waals surface area contributed by atoms with Crippen molar-refractivity contribution in [3.63, 3.8) is 0 Å². The van der Waals surface area contributed by atoms with Crippen LogP contribution in [0, 0.1) is 6.92 Å². The van der Waals surface area contributed by atoms with Crippen LogP contribution in [0.1, 0.15) is 22.2 Å². The van der Waals surface area contributed by atoms with E-state index in [4.69, 9.17) is 11.6 Å². The second-order valence-electron chi connectivity index (χ2n) is 8.13. The summed E-state index contributed by atoms with van der Waals surface area (Å²) in [6.07, 6.45) is 0. The summed E-state index contributed by atoms with van der Waals surface area (Å²) in [4.78, 5) is 31.2. The van der Waals surface area contributed by atoms with Gasteiger partial charge >= 0.3 is 0 Å². The van der Waals surface area contributed by atoms with Gasteiger partial charge in [-0.2, -0.15) is 0 Å². The highest BCUT2D eigenvalue weighted by molar-refractivity contribution is 7.21. The molecule has 0 bridgehead atoms. The Morgan fingerprint density at radius 1 is 1.03 bits per heavy atom. The highest BCUT2D eigenvalue weighted by Gasteiger charge is 2.25. The Hall–Kier alpha value is -2.83. The standard InChI is InChI=1S/C25H24ClN3O2S/c1-3-29-20-7-5-4-6-18(20)23-19(24(29)30)15-22(32-23)25(31)28-12-10-27(11-13-28)21-14-17(26)9-8-16(21)2/h4-9,14-15H,3,10-13H2,1-2H3. The van der Waals surface area contributed by atoms with E-state index in [2.05, 4.69) is 11.8 Å². The largest absolute Gasteiger partial charge is 0.368 e. The predicted molar refractivity (Wildman–Crippen MR) is 134 cm³/mol. The van der Waals surface area contributed by atoms with Gasteiger partial charge in [-0.3, -0.25) is 9.59 Å². The van der Waals surface area contributed by atoms with Crippen LogP contribution in [0.15, 0.2) is 53.3 Å². The van der Waals surface area contributed by atoms with Crippen LogP contribution < -0.4 is 10.5 Å². The number of halogens is 1. The maximum Gasteiger partial charge on any atom is 0.264 e. The van der Waals surface area contributed by atoms with Gasteiger partial charge in [0.25, 0.3) is 11.5 Å². The molecule has 4 aromatic rings. The van der Waals surface area contributed by atoms with Crippen molar-refractivity contribution in [1.82, 2.24) is 9.47 Å². The van der Waals surface area contributed by atoms with Crippen molar-refractivity contribution in [2.45, 2.75) is 20.4 Å². The Balaban J connectivity index is 1.44. The van der Waals surface area contributed by atoms with Gasteiger partial charge in [-0.05, 0) is 43.7 Å². The van der Waals surface area contributed by atoms with Crippen molar-refractivity contribution in [2.24, 2.45) is 0 Å². The number of hydrogen-bond donors (Lipinski definition) is 0. The first-order chi connectivity index (χ1) is 15.5. The number of aromatic nitrogens is 1. The number of rotatable bonds is 3. The van der Waals surface area contributed by atoms with Gasteiger partial charge in [0.1, 0.15) is 0 Å². The van der Waals surface area contributed by atoms with E-state index >= 15 is 0 Å². The fourth-order valence-corrected chi connectivity index (χ4v) is 5.87. The van der Waals surface area contributed by atoms with Gasteiger partial charge in [0.2, 0.25) is 0 Å². The highest BCUT2D eigenvalue weighted by atomic mass is 35.5. The molecule has 0 unspecified atom stereocenters. The van der Waals surface area contributed by atoms with Gasteiger partial charge < -0.3 is 14.4 Å². The van der Waals surface area contributed by atoms with Gasteiger partial charge in [0.15, 0.2) is 0 Å². The average Bonchev–Trinajstić information content (AvgIpc) is 3.27. The van der Waals surface area contributed by atoms with Crippen molar-refractivity contribution in [3.05, 3.63) is 74.3 Å². The van der Waals surface area contributed by atoms with E-state index in [1.54, 1.807) is 10.6 Å². The molecule has 0 N–H and O–H groups in total. The van der Waals surface area contributed by atoms with Gasteiger partial charge in [-0.1, -0.05) is 35.9 Å². The first kappa shape index (κ1) is 21.0. The van der Waals surface area contributed by atoms with Crippen LogP contribution in [-0.4, -0.2) is 41.6 Å². The number of thiophene rings is 1. The van der Waals surface area contributed by atoms with E-state index in [1.165, 1.54) is 16.9 Å². The molecular formula is C25H24ClN3O2S. The number of anilines is 1. The number of piperazine rings is 1. The number of para-hydroxylation sites is 1. The Kier molecular flexibility index (Phi) is 5.43. The third kappa shape index (κ3) is 3.48. The summed E-state index contributed by atoms with van der Waals surface area (Å²) < 4.78 is 2.68. The van der Waals surface area contributed by atoms with Gasteiger partial charge in [0, 0.05) is 53.5 Å². The summed E-state index contributed by atoms with van der Waals surface area (Å²) in [5, 5.41) is 2.38. The van der Waals surface area contributed by atoms with E-state index in [1.807, 2.05) is 54.3 Å². The molecular weight excluding hydrogens is 442 g/mol. The van der Waals surface area contributed by atoms with Crippen LogP contribution in [0.5, 0.6) is 0 Å². The molecule has 1 amide bonds. The maximum atomic E-state index is 13.3. The zero-order chi connectivity index (χ0) is 22.4. The second kappa shape index (κ2) is 8.26. The van der Waals surface area contributed by atoms with Crippen molar-refractivity contribution < 1.29 is 4.79 Å². The monoisotopic (exact) mass is 465 g/mol. The van der Waals surface area contributed by atoms with Crippen LogP contribution in [0.25, 0.3) is 21.0 Å². The van der Waals surface area contributed by atoms with Crippen LogP contribution in [0.3, 0.4) is 0 Å². The first-order valence-electron chi connectivity index (χ1n) is 10.8. The van der Waals surface area contributed by atoms with E-state index < -0.39 is 0 Å². The Bertz CT molecular complexity index is 1400. The minimum atomic E-state index is -0.0299. The smallest absolute Gasteiger partial charge is 0.264 e. The molecule has 1 saturated heterocycles. The zero-order valence-electron chi connectivity index (χ0n) is 18.1. The van der Waals surface area contributed by atoms with Crippen molar-refractivity contribution in [1.29, 1.82) is 0 Å². The topological polar surface area (TPSA) is 45.6 Å². The number of amides is 1. The van der Waals surface area contributed by atoms with Crippen molar-refractivity contribution >= 4 is 55.5 Å². The molecule has 0 atom stereocenters. The summed E-state index contributed by atoms with van der Waals surface area (Å²) >= 11 is 7.62. The first-order valence-corrected chi connectivity index (χ1v) is 12.0. The molecule has 3 heterocycles. The molecule has 7 heteroatoms. The number of nitrogens with zero attached hydrogens (tertiary/aromatic N) is 3. The highest BCUT2D eigenvalue weighted by Crippen LogP contribution is 2.32. The molecule has 0 spiro atoms. The Morgan fingerprint density at radius 3 is 2.53 bits per heavy atom. The average molecular weight is 466 g/mol. The molecule has 0 radical (unpaired) electrons. The lowest BCUT2D eigenvalue weighted by Gasteiger charge is -2.36. The summed E-state index contributed by atoms with van der Waals surface area (Å²) in [5.41, 5.74) is 3.19. The fraction of sp³-hybridized carbons (Fsp3) is 0.280. The SMILES string of the molecule is CCn1c(=O)c2cc(C(=O)N3CCN(c4cc(Cl)ccc4C)CC3)sc2c2ccccc21. The third-order valence-corrected chi connectivity index (χ3v) is 7.64. The normalized spacial score (nSPS) is 14.5. The quantitative estimate of drug-likeness (QED) is 0.420. The number of carbonyl (C=O) groups excluding carboxylic acids is 1. The molecule has 32 heavy (non-hydrogen) atoms. The lowest BCUT2D eigenvalue weighted by atomic mass is 10.1. The number of carbonyl (C=O) groups is 1. The van der Waals surface area contributed by atoms with E-state index in [0.29, 0.717) is 29.9 Å². The minimum absolute atomic E-state index is 0.000181. The summed E-state index contributed by atoms with van der Waals surface area (Å²) in [7, 11) is 0. The van der Waals surface area contributed by atoms with E-state index in [-0.39, 0.29) is 11.5 Å². The number of hydrogen-bond acceptors (Lipinski definition) is 4. The Morgan fingerprint density at radius 2 is 1.78 bits per heavy atom. The van der Waals surface area contributed by atoms with E-state index in [0.717, 1.165) is 39.4 Å². The summed E-state index contributed by atoms with van der Waals surface area (Å²) in [6, 6.07) is 15.6. The predicted octanol–water partition coefficient (Wildman–Crippen LogP) is 5.16. The molecule has 2 aromatic carbocycles. The van der Waals surface area contributed by atoms with Crippen molar-refractivity contribution in [3.8, 4) is 0 Å². The number of aryl methyl sites for hydroxylation is 2. The molecule has 5 rings (SSSR count). The fourth-order valence-electron chi connectivity index (χ4n) is 4.55. The maximum absolute atomic E-state index is 13.3. The molecule has 1 fully saturated rings.